The Morgan fingerprint density at radius 1 is 1.48 bits per heavy atom. The number of nitrogens with one attached hydrogen (secondary N) is 1. The maximum absolute atomic E-state index is 12.8. The van der Waals surface area contributed by atoms with Gasteiger partial charge in [0.05, 0.1) is 16.5 Å². The van der Waals surface area contributed by atoms with E-state index in [4.69, 9.17) is 4.98 Å². The van der Waals surface area contributed by atoms with Gasteiger partial charge in [0.2, 0.25) is 5.91 Å². The maximum Gasteiger partial charge on any atom is 0.237 e. The minimum atomic E-state index is -0.308. The highest BCUT2D eigenvalue weighted by Crippen LogP contribution is 2.33. The number of benzene rings is 1. The molecule has 1 aliphatic rings. The summed E-state index contributed by atoms with van der Waals surface area (Å²) in [7, 11) is 0. The Morgan fingerprint density at radius 3 is 2.96 bits per heavy atom. The van der Waals surface area contributed by atoms with E-state index >= 15 is 0 Å². The molecule has 2 aromatic rings. The molecule has 2 atom stereocenters. The van der Waals surface area contributed by atoms with Crippen LogP contribution in [-0.2, 0) is 17.6 Å². The third kappa shape index (κ3) is 4.72. The van der Waals surface area contributed by atoms with Crippen LogP contribution in [0.25, 0.3) is 0 Å². The van der Waals surface area contributed by atoms with Gasteiger partial charge in [-0.2, -0.15) is 5.26 Å². The van der Waals surface area contributed by atoms with Gasteiger partial charge in [0, 0.05) is 10.2 Å². The van der Waals surface area contributed by atoms with Gasteiger partial charge in [-0.3, -0.25) is 4.79 Å². The zero-order valence-corrected chi connectivity index (χ0v) is 17.9. The molecule has 1 heterocycles. The van der Waals surface area contributed by atoms with E-state index in [9.17, 15) is 10.1 Å². The zero-order chi connectivity index (χ0) is 19.4. The highest BCUT2D eigenvalue weighted by Gasteiger charge is 2.24. The Kier molecular flexibility index (Phi) is 6.56. The molecule has 0 radical (unpaired) electrons. The first-order valence-corrected chi connectivity index (χ1v) is 10.8. The lowest BCUT2D eigenvalue weighted by molar-refractivity contribution is -0.115. The number of rotatable bonds is 5. The van der Waals surface area contributed by atoms with Crippen LogP contribution in [0.4, 0.5) is 5.69 Å². The molecule has 1 aromatic heterocycles. The van der Waals surface area contributed by atoms with Gasteiger partial charge in [0.1, 0.15) is 11.1 Å². The van der Waals surface area contributed by atoms with Crippen LogP contribution in [0.5, 0.6) is 0 Å². The standard InChI is InChI=1S/C21H22BrN3OS/c1-3-19(20(26)24-18-7-5-4-6-16(18)22)27-21-15(12-23)11-14-10-13(2)8-9-17(14)25-21/h4-7,11,13,19H,3,8-10H2,1-2H3,(H,24,26). The number of carbonyl (C=O) groups is 1. The van der Waals surface area contributed by atoms with E-state index in [1.54, 1.807) is 0 Å². The van der Waals surface area contributed by atoms with Crippen molar-refractivity contribution in [3.8, 4) is 6.07 Å². The molecule has 0 saturated heterocycles. The maximum atomic E-state index is 12.8. The average molecular weight is 444 g/mol. The van der Waals surface area contributed by atoms with E-state index in [2.05, 4.69) is 34.2 Å². The SMILES string of the molecule is CCC(Sc1nc2c(cc1C#N)CC(C)CC2)C(=O)Nc1ccccc1Br. The number of para-hydroxylation sites is 1. The van der Waals surface area contributed by atoms with E-state index < -0.39 is 0 Å². The summed E-state index contributed by atoms with van der Waals surface area (Å²) in [6.07, 6.45) is 3.69. The van der Waals surface area contributed by atoms with Crippen molar-refractivity contribution in [2.45, 2.75) is 49.8 Å². The van der Waals surface area contributed by atoms with E-state index in [0.29, 0.717) is 22.9 Å². The van der Waals surface area contributed by atoms with Crippen LogP contribution in [0, 0.1) is 17.2 Å². The third-order valence-electron chi connectivity index (χ3n) is 4.77. The molecule has 0 saturated carbocycles. The summed E-state index contributed by atoms with van der Waals surface area (Å²) >= 11 is 4.84. The Morgan fingerprint density at radius 2 is 2.26 bits per heavy atom. The largest absolute Gasteiger partial charge is 0.324 e. The molecule has 1 N–H and O–H groups in total. The van der Waals surface area contributed by atoms with Crippen LogP contribution >= 0.6 is 27.7 Å². The van der Waals surface area contributed by atoms with Gasteiger partial charge in [0.15, 0.2) is 0 Å². The van der Waals surface area contributed by atoms with Gasteiger partial charge in [-0.05, 0) is 71.3 Å². The molecule has 3 rings (SSSR count). The topological polar surface area (TPSA) is 65.8 Å². The molecule has 0 aliphatic heterocycles. The van der Waals surface area contributed by atoms with Crippen molar-refractivity contribution in [1.82, 2.24) is 4.98 Å². The summed E-state index contributed by atoms with van der Waals surface area (Å²) in [6.45, 7) is 4.21. The number of carbonyl (C=O) groups excluding carboxylic acids is 1. The van der Waals surface area contributed by atoms with Gasteiger partial charge in [-0.15, -0.1) is 0 Å². The molecule has 6 heteroatoms. The number of anilines is 1. The molecule has 1 amide bonds. The van der Waals surface area contributed by atoms with Crippen LogP contribution in [0.2, 0.25) is 0 Å². The molecule has 2 unspecified atom stereocenters. The monoisotopic (exact) mass is 443 g/mol. The highest BCUT2D eigenvalue weighted by atomic mass is 79.9. The summed E-state index contributed by atoms with van der Waals surface area (Å²) < 4.78 is 0.844. The van der Waals surface area contributed by atoms with Crippen molar-refractivity contribution in [2.24, 2.45) is 5.92 Å². The fourth-order valence-corrected chi connectivity index (χ4v) is 4.61. The second kappa shape index (κ2) is 8.90. The summed E-state index contributed by atoms with van der Waals surface area (Å²) in [6, 6.07) is 11.8. The van der Waals surface area contributed by atoms with Crippen LogP contribution in [-0.4, -0.2) is 16.1 Å². The van der Waals surface area contributed by atoms with Crippen molar-refractivity contribution in [3.63, 3.8) is 0 Å². The highest BCUT2D eigenvalue weighted by molar-refractivity contribution is 9.10. The predicted octanol–water partition coefficient (Wildman–Crippen LogP) is 5.35. The normalized spacial score (nSPS) is 16.9. The van der Waals surface area contributed by atoms with Gasteiger partial charge >= 0.3 is 0 Å². The van der Waals surface area contributed by atoms with Gasteiger partial charge in [0.25, 0.3) is 0 Å². The molecule has 140 valence electrons. The first-order valence-electron chi connectivity index (χ1n) is 9.16. The van der Waals surface area contributed by atoms with Crippen LogP contribution in [0.15, 0.2) is 39.8 Å². The number of aryl methyl sites for hydroxylation is 1. The Balaban J connectivity index is 1.81. The third-order valence-corrected chi connectivity index (χ3v) is 6.83. The Bertz CT molecular complexity index is 893. The molecular formula is C21H22BrN3OS. The number of amides is 1. The smallest absolute Gasteiger partial charge is 0.237 e. The molecular weight excluding hydrogens is 422 g/mol. The number of halogens is 1. The summed E-state index contributed by atoms with van der Waals surface area (Å²) in [5, 5.41) is 12.9. The lowest BCUT2D eigenvalue weighted by atomic mass is 9.87. The molecule has 0 bridgehead atoms. The zero-order valence-electron chi connectivity index (χ0n) is 15.5. The number of hydrogen-bond acceptors (Lipinski definition) is 4. The predicted molar refractivity (Wildman–Crippen MR) is 113 cm³/mol. The van der Waals surface area contributed by atoms with Crippen molar-refractivity contribution in [3.05, 3.63) is 51.6 Å². The number of nitrogens with zero attached hydrogens (tertiary/aromatic N) is 2. The Hall–Kier alpha value is -1.84. The molecule has 1 aromatic carbocycles. The fraction of sp³-hybridized carbons (Fsp3) is 0.381. The van der Waals surface area contributed by atoms with Crippen molar-refractivity contribution in [2.75, 3.05) is 5.32 Å². The lowest BCUT2D eigenvalue weighted by Crippen LogP contribution is -2.25. The Labute approximate surface area is 172 Å². The van der Waals surface area contributed by atoms with Crippen LogP contribution in [0.3, 0.4) is 0 Å². The van der Waals surface area contributed by atoms with Crippen molar-refractivity contribution >= 4 is 39.3 Å². The molecule has 0 spiro atoms. The van der Waals surface area contributed by atoms with Crippen LogP contribution in [0.1, 0.15) is 43.5 Å². The summed E-state index contributed by atoms with van der Waals surface area (Å²) in [5.74, 6) is 0.550. The van der Waals surface area contributed by atoms with E-state index in [0.717, 1.165) is 35.1 Å². The number of thioether (sulfide) groups is 1. The van der Waals surface area contributed by atoms with E-state index in [-0.39, 0.29) is 11.2 Å². The number of fused-ring (bicyclic) bond motifs is 1. The molecule has 0 fully saturated rings. The summed E-state index contributed by atoms with van der Waals surface area (Å²) in [5.41, 5.74) is 3.57. The molecule has 27 heavy (non-hydrogen) atoms. The van der Waals surface area contributed by atoms with Crippen molar-refractivity contribution in [1.29, 1.82) is 5.26 Å². The average Bonchev–Trinajstić information content (AvgIpc) is 2.67. The molecule has 1 aliphatic carbocycles. The first kappa shape index (κ1) is 19.9. The number of hydrogen-bond donors (Lipinski definition) is 1. The van der Waals surface area contributed by atoms with Gasteiger partial charge in [-0.25, -0.2) is 4.98 Å². The minimum absolute atomic E-state index is 0.0774. The number of pyridine rings is 1. The minimum Gasteiger partial charge on any atom is -0.324 e. The lowest BCUT2D eigenvalue weighted by Gasteiger charge is -2.22. The second-order valence-corrected chi connectivity index (χ2v) is 8.94. The van der Waals surface area contributed by atoms with E-state index in [1.807, 2.05) is 37.3 Å². The quantitative estimate of drug-likeness (QED) is 0.632. The van der Waals surface area contributed by atoms with Gasteiger partial charge < -0.3 is 5.32 Å². The number of aromatic nitrogens is 1. The summed E-state index contributed by atoms with van der Waals surface area (Å²) in [4.78, 5) is 17.5. The first-order chi connectivity index (χ1) is 13.0. The molecule has 4 nitrogen and oxygen atoms in total. The second-order valence-electron chi connectivity index (χ2n) is 6.89. The van der Waals surface area contributed by atoms with Crippen molar-refractivity contribution < 1.29 is 4.79 Å². The van der Waals surface area contributed by atoms with Crippen LogP contribution < -0.4 is 5.32 Å². The van der Waals surface area contributed by atoms with E-state index in [1.165, 1.54) is 17.3 Å². The van der Waals surface area contributed by atoms with Gasteiger partial charge in [-0.1, -0.05) is 37.7 Å². The fourth-order valence-electron chi connectivity index (χ4n) is 3.23. The number of nitriles is 1.